The average molecular weight is 480 g/mol. The molecule has 1 unspecified atom stereocenters. The first-order chi connectivity index (χ1) is 16.3. The van der Waals surface area contributed by atoms with Crippen LogP contribution < -0.4 is 9.64 Å². The molecule has 7 heteroatoms. The molecule has 0 spiro atoms. The Balaban J connectivity index is 1.91. The zero-order valence-corrected chi connectivity index (χ0v) is 19.5. The van der Waals surface area contributed by atoms with Crippen LogP contribution in [-0.2, 0) is 16.0 Å². The third-order valence-electron chi connectivity index (χ3n) is 5.76. The van der Waals surface area contributed by atoms with Gasteiger partial charge < -0.3 is 9.84 Å². The highest BCUT2D eigenvalue weighted by atomic mass is 35.5. The molecule has 4 rings (SSSR count). The molecular formula is C27H23ClFNO4. The molecule has 1 aliphatic rings. The van der Waals surface area contributed by atoms with Crippen molar-refractivity contribution in [2.45, 2.75) is 26.3 Å². The topological polar surface area (TPSA) is 66.8 Å². The van der Waals surface area contributed by atoms with Crippen molar-refractivity contribution in [2.75, 3.05) is 11.5 Å². The molecule has 0 bridgehead atoms. The molecule has 0 radical (unpaired) electrons. The number of benzene rings is 3. The van der Waals surface area contributed by atoms with Gasteiger partial charge in [-0.25, -0.2) is 4.39 Å². The van der Waals surface area contributed by atoms with E-state index in [9.17, 15) is 19.1 Å². The molecule has 34 heavy (non-hydrogen) atoms. The third-order valence-corrected chi connectivity index (χ3v) is 6.07. The van der Waals surface area contributed by atoms with E-state index in [1.165, 1.54) is 35.2 Å². The smallest absolute Gasteiger partial charge is 0.300 e. The number of anilines is 1. The number of nitrogens with zero attached hydrogens (tertiary/aromatic N) is 1. The minimum atomic E-state index is -0.945. The Kier molecular flexibility index (Phi) is 6.70. The third kappa shape index (κ3) is 4.29. The van der Waals surface area contributed by atoms with Gasteiger partial charge in [-0.2, -0.15) is 0 Å². The molecule has 1 aliphatic heterocycles. The summed E-state index contributed by atoms with van der Waals surface area (Å²) in [5, 5.41) is 11.6. The number of hydrogen-bond donors (Lipinski definition) is 1. The van der Waals surface area contributed by atoms with E-state index in [0.29, 0.717) is 28.6 Å². The van der Waals surface area contributed by atoms with E-state index in [4.69, 9.17) is 16.3 Å². The van der Waals surface area contributed by atoms with Gasteiger partial charge in [-0.1, -0.05) is 42.8 Å². The Morgan fingerprint density at radius 3 is 2.32 bits per heavy atom. The van der Waals surface area contributed by atoms with E-state index in [0.717, 1.165) is 12.0 Å². The SMILES string of the molecule is CCOc1cc(/C(O)=C2/C(=O)C(=O)N(c3ccc(CC)cc3)C2c2ccc(F)cc2)ccc1Cl. The van der Waals surface area contributed by atoms with Crippen molar-refractivity contribution in [3.8, 4) is 5.75 Å². The highest BCUT2D eigenvalue weighted by Gasteiger charge is 2.47. The summed E-state index contributed by atoms with van der Waals surface area (Å²) < 4.78 is 19.2. The van der Waals surface area contributed by atoms with Crippen molar-refractivity contribution in [3.05, 3.63) is 99.8 Å². The summed E-state index contributed by atoms with van der Waals surface area (Å²) in [7, 11) is 0. The maximum absolute atomic E-state index is 13.7. The number of carbonyl (C=O) groups is 2. The Labute approximate surface area is 202 Å². The summed E-state index contributed by atoms with van der Waals surface area (Å²) in [6, 6.07) is 16.5. The quantitative estimate of drug-likeness (QED) is 0.265. The number of aliphatic hydroxyl groups excluding tert-OH is 1. The van der Waals surface area contributed by atoms with Crippen molar-refractivity contribution in [2.24, 2.45) is 0 Å². The molecule has 1 amide bonds. The fourth-order valence-electron chi connectivity index (χ4n) is 4.02. The van der Waals surface area contributed by atoms with Crippen LogP contribution in [0.15, 0.2) is 72.3 Å². The molecule has 1 heterocycles. The second-order valence-electron chi connectivity index (χ2n) is 7.82. The number of hydrogen-bond acceptors (Lipinski definition) is 4. The van der Waals surface area contributed by atoms with Crippen molar-refractivity contribution in [1.82, 2.24) is 0 Å². The average Bonchev–Trinajstić information content (AvgIpc) is 3.11. The van der Waals surface area contributed by atoms with E-state index in [1.54, 1.807) is 31.2 Å². The standard InChI is InChI=1S/C27H23ClFNO4/c1-3-16-5-12-20(13-6-16)30-24(17-7-10-19(29)11-8-17)23(26(32)27(30)33)25(31)18-9-14-21(28)22(15-18)34-4-2/h5-15,24,31H,3-4H2,1-2H3/b25-23-. The Bertz CT molecular complexity index is 1270. The van der Waals surface area contributed by atoms with Gasteiger partial charge in [0.1, 0.15) is 17.3 Å². The molecule has 0 aliphatic carbocycles. The molecular weight excluding hydrogens is 457 g/mol. The van der Waals surface area contributed by atoms with Crippen LogP contribution in [-0.4, -0.2) is 23.4 Å². The van der Waals surface area contributed by atoms with Gasteiger partial charge in [0.25, 0.3) is 11.7 Å². The van der Waals surface area contributed by atoms with Crippen LogP contribution in [0.5, 0.6) is 5.75 Å². The molecule has 1 atom stereocenters. The number of aryl methyl sites for hydroxylation is 1. The lowest BCUT2D eigenvalue weighted by molar-refractivity contribution is -0.132. The Hall–Kier alpha value is -3.64. The van der Waals surface area contributed by atoms with E-state index < -0.39 is 23.5 Å². The van der Waals surface area contributed by atoms with E-state index in [2.05, 4.69) is 0 Å². The first-order valence-corrected chi connectivity index (χ1v) is 11.3. The van der Waals surface area contributed by atoms with Crippen LogP contribution in [0.25, 0.3) is 5.76 Å². The fraction of sp³-hybridized carbons (Fsp3) is 0.185. The van der Waals surface area contributed by atoms with Crippen LogP contribution in [0, 0.1) is 5.82 Å². The number of ketones is 1. The number of Topliss-reactive ketones (excluding diaryl/α,β-unsaturated/α-hetero) is 1. The number of halogens is 2. The van der Waals surface area contributed by atoms with Crippen LogP contribution in [0.3, 0.4) is 0 Å². The lowest BCUT2D eigenvalue weighted by Crippen LogP contribution is -2.29. The number of ether oxygens (including phenoxy) is 1. The van der Waals surface area contributed by atoms with E-state index >= 15 is 0 Å². The zero-order valence-electron chi connectivity index (χ0n) is 18.7. The minimum absolute atomic E-state index is 0.0963. The van der Waals surface area contributed by atoms with Crippen LogP contribution in [0.1, 0.15) is 36.6 Å². The summed E-state index contributed by atoms with van der Waals surface area (Å²) in [5.74, 6) is -2.08. The van der Waals surface area contributed by atoms with Crippen LogP contribution >= 0.6 is 11.6 Å². The maximum atomic E-state index is 13.7. The number of amides is 1. The summed E-state index contributed by atoms with van der Waals surface area (Å²) in [6.45, 7) is 4.17. The van der Waals surface area contributed by atoms with Gasteiger partial charge in [-0.15, -0.1) is 0 Å². The Morgan fingerprint density at radius 1 is 1.03 bits per heavy atom. The largest absolute Gasteiger partial charge is 0.507 e. The van der Waals surface area contributed by atoms with Gasteiger partial charge in [0, 0.05) is 11.3 Å². The molecule has 3 aromatic carbocycles. The van der Waals surface area contributed by atoms with Gasteiger partial charge in [0.05, 0.1) is 23.2 Å². The molecule has 0 aromatic heterocycles. The predicted molar refractivity (Wildman–Crippen MR) is 130 cm³/mol. The molecule has 0 saturated carbocycles. The second kappa shape index (κ2) is 9.69. The minimum Gasteiger partial charge on any atom is -0.507 e. The Morgan fingerprint density at radius 2 is 1.71 bits per heavy atom. The summed E-state index contributed by atoms with van der Waals surface area (Å²) >= 11 is 6.17. The fourth-order valence-corrected chi connectivity index (χ4v) is 4.20. The van der Waals surface area contributed by atoms with Crippen molar-refractivity contribution in [3.63, 3.8) is 0 Å². The lowest BCUT2D eigenvalue weighted by atomic mass is 9.95. The van der Waals surface area contributed by atoms with Gasteiger partial charge in [-0.05, 0) is 66.9 Å². The van der Waals surface area contributed by atoms with Gasteiger partial charge in [0.15, 0.2) is 0 Å². The number of aliphatic hydroxyl groups is 1. The van der Waals surface area contributed by atoms with Crippen molar-refractivity contribution in [1.29, 1.82) is 0 Å². The van der Waals surface area contributed by atoms with Crippen molar-refractivity contribution >= 4 is 34.7 Å². The molecule has 1 saturated heterocycles. The summed E-state index contributed by atoms with van der Waals surface area (Å²) in [6.07, 6.45) is 0.819. The molecule has 1 N–H and O–H groups in total. The van der Waals surface area contributed by atoms with E-state index in [1.807, 2.05) is 19.1 Å². The van der Waals surface area contributed by atoms with Crippen LogP contribution in [0.2, 0.25) is 5.02 Å². The predicted octanol–water partition coefficient (Wildman–Crippen LogP) is 6.07. The summed E-state index contributed by atoms with van der Waals surface area (Å²) in [5.41, 5.74) is 2.24. The first kappa shape index (κ1) is 23.5. The van der Waals surface area contributed by atoms with Crippen LogP contribution in [0.4, 0.5) is 10.1 Å². The monoisotopic (exact) mass is 479 g/mol. The highest BCUT2D eigenvalue weighted by molar-refractivity contribution is 6.51. The molecule has 5 nitrogen and oxygen atoms in total. The normalized spacial score (nSPS) is 17.3. The number of rotatable bonds is 6. The van der Waals surface area contributed by atoms with E-state index in [-0.39, 0.29) is 16.9 Å². The lowest BCUT2D eigenvalue weighted by Gasteiger charge is -2.25. The van der Waals surface area contributed by atoms with Gasteiger partial charge in [-0.3, -0.25) is 14.5 Å². The first-order valence-electron chi connectivity index (χ1n) is 10.9. The second-order valence-corrected chi connectivity index (χ2v) is 8.23. The molecule has 174 valence electrons. The maximum Gasteiger partial charge on any atom is 0.300 e. The van der Waals surface area contributed by atoms with Gasteiger partial charge >= 0.3 is 0 Å². The van der Waals surface area contributed by atoms with Gasteiger partial charge in [0.2, 0.25) is 0 Å². The molecule has 1 fully saturated rings. The summed E-state index contributed by atoms with van der Waals surface area (Å²) in [4.78, 5) is 27.7. The van der Waals surface area contributed by atoms with Crippen molar-refractivity contribution < 1.29 is 23.8 Å². The highest BCUT2D eigenvalue weighted by Crippen LogP contribution is 2.42. The number of carbonyl (C=O) groups excluding carboxylic acids is 2. The zero-order chi connectivity index (χ0) is 24.4. The molecule has 3 aromatic rings.